The minimum Gasteiger partial charge on any atom is -0.310 e. The molecular formula is C64H41NS. The van der Waals surface area contributed by atoms with E-state index in [9.17, 15) is 0 Å². The van der Waals surface area contributed by atoms with Gasteiger partial charge in [-0.3, -0.25) is 0 Å². The summed E-state index contributed by atoms with van der Waals surface area (Å²) in [5.74, 6) is 0. The van der Waals surface area contributed by atoms with Crippen LogP contribution in [0.15, 0.2) is 249 Å². The van der Waals surface area contributed by atoms with E-state index in [1.807, 2.05) is 11.3 Å². The lowest BCUT2D eigenvalue weighted by atomic mass is 9.85. The van der Waals surface area contributed by atoms with Crippen molar-refractivity contribution in [2.45, 2.75) is 0 Å². The van der Waals surface area contributed by atoms with Crippen LogP contribution in [0.3, 0.4) is 0 Å². The van der Waals surface area contributed by atoms with Crippen molar-refractivity contribution < 1.29 is 0 Å². The molecular weight excluding hydrogens is 815 g/mol. The molecule has 12 aromatic carbocycles. The fourth-order valence-electron chi connectivity index (χ4n) is 10.4. The number of thiophene rings is 1. The number of anilines is 3. The summed E-state index contributed by atoms with van der Waals surface area (Å²) in [4.78, 5) is 2.44. The lowest BCUT2D eigenvalue weighted by Crippen LogP contribution is -2.10. The molecule has 0 aliphatic heterocycles. The summed E-state index contributed by atoms with van der Waals surface area (Å²) in [6.45, 7) is 0. The second-order valence-electron chi connectivity index (χ2n) is 17.2. The molecule has 0 amide bonds. The van der Waals surface area contributed by atoms with Crippen LogP contribution in [0.5, 0.6) is 0 Å². The van der Waals surface area contributed by atoms with Gasteiger partial charge >= 0.3 is 0 Å². The Morgan fingerprint density at radius 2 is 0.803 bits per heavy atom. The Morgan fingerprint density at radius 3 is 1.61 bits per heavy atom. The smallest absolute Gasteiger partial charge is 0.0468 e. The summed E-state index contributed by atoms with van der Waals surface area (Å²) < 4.78 is 2.62. The molecule has 1 heterocycles. The second kappa shape index (κ2) is 15.7. The first kappa shape index (κ1) is 38.2. The van der Waals surface area contributed by atoms with E-state index in [4.69, 9.17) is 0 Å². The first-order valence-corrected chi connectivity index (χ1v) is 23.5. The van der Waals surface area contributed by atoms with Crippen LogP contribution in [0.1, 0.15) is 0 Å². The van der Waals surface area contributed by atoms with Crippen molar-refractivity contribution in [3.05, 3.63) is 249 Å². The number of hydrogen-bond acceptors (Lipinski definition) is 2. The first-order chi connectivity index (χ1) is 32.7. The van der Waals surface area contributed by atoms with Crippen molar-refractivity contribution in [1.82, 2.24) is 0 Å². The standard InChI is InChI=1S/C64H41NS/c1-3-16-44(17-4-1)62-58-25-10-9-23-55(58)56-38-36-51(41-60(56)63(62)45-18-5-2-6-19-45)65(50-21-13-20-47(40-50)54-26-14-27-59-57-24-11-12-28-61(57)66-64(54)59)49-34-31-42(32-35-49)46-33-37-53-48(39-46)30-29-43-15-7-8-22-52(43)53/h1-41H. The molecule has 1 aromatic heterocycles. The van der Waals surface area contributed by atoms with Gasteiger partial charge in [-0.1, -0.05) is 200 Å². The highest BCUT2D eigenvalue weighted by molar-refractivity contribution is 7.26. The third-order valence-electron chi connectivity index (χ3n) is 13.4. The zero-order valence-electron chi connectivity index (χ0n) is 36.0. The summed E-state index contributed by atoms with van der Waals surface area (Å²) in [6, 6.07) is 91.6. The molecule has 13 rings (SSSR count). The molecule has 0 aliphatic rings. The Labute approximate surface area is 387 Å². The van der Waals surface area contributed by atoms with E-state index < -0.39 is 0 Å². The summed E-state index contributed by atoms with van der Waals surface area (Å²) in [5, 5.41) is 12.6. The largest absolute Gasteiger partial charge is 0.310 e. The average Bonchev–Trinajstić information content (AvgIpc) is 3.78. The van der Waals surface area contributed by atoms with Gasteiger partial charge in [-0.2, -0.15) is 0 Å². The van der Waals surface area contributed by atoms with Gasteiger partial charge in [0.1, 0.15) is 0 Å². The topological polar surface area (TPSA) is 3.24 Å². The fraction of sp³-hybridized carbons (Fsp3) is 0. The molecule has 66 heavy (non-hydrogen) atoms. The van der Waals surface area contributed by atoms with Gasteiger partial charge in [-0.05, 0) is 136 Å². The Bertz CT molecular complexity index is 3980. The zero-order chi connectivity index (χ0) is 43.6. The second-order valence-corrected chi connectivity index (χ2v) is 18.2. The van der Waals surface area contributed by atoms with Crippen LogP contribution in [-0.4, -0.2) is 0 Å². The van der Waals surface area contributed by atoms with E-state index in [1.54, 1.807) is 0 Å². The van der Waals surface area contributed by atoms with Crippen molar-refractivity contribution in [2.24, 2.45) is 0 Å². The summed E-state index contributed by atoms with van der Waals surface area (Å²) >= 11 is 1.88. The van der Waals surface area contributed by atoms with Crippen molar-refractivity contribution in [3.8, 4) is 44.5 Å². The molecule has 2 heteroatoms. The van der Waals surface area contributed by atoms with Gasteiger partial charge in [0.05, 0.1) is 0 Å². The molecule has 0 saturated heterocycles. The van der Waals surface area contributed by atoms with E-state index in [-0.39, 0.29) is 0 Å². The molecule has 1 nitrogen and oxygen atoms in total. The summed E-state index contributed by atoms with van der Waals surface area (Å²) in [6.07, 6.45) is 0. The number of nitrogens with zero attached hydrogens (tertiary/aromatic N) is 1. The highest BCUT2D eigenvalue weighted by atomic mass is 32.1. The normalized spacial score (nSPS) is 11.6. The third kappa shape index (κ3) is 6.37. The van der Waals surface area contributed by atoms with Gasteiger partial charge in [0.25, 0.3) is 0 Å². The van der Waals surface area contributed by atoms with Gasteiger partial charge < -0.3 is 4.90 Å². The molecule has 0 aliphatic carbocycles. The van der Waals surface area contributed by atoms with Crippen LogP contribution in [-0.2, 0) is 0 Å². The first-order valence-electron chi connectivity index (χ1n) is 22.7. The van der Waals surface area contributed by atoms with Crippen LogP contribution < -0.4 is 4.90 Å². The number of benzene rings is 12. The van der Waals surface area contributed by atoms with Crippen molar-refractivity contribution in [2.75, 3.05) is 4.90 Å². The maximum Gasteiger partial charge on any atom is 0.0468 e. The van der Waals surface area contributed by atoms with Crippen molar-refractivity contribution in [3.63, 3.8) is 0 Å². The molecule has 0 spiro atoms. The SMILES string of the molecule is c1ccc(-c2c(-c3ccccc3)c3cc(N(c4ccc(-c5ccc6c(ccc7ccccc76)c5)cc4)c4cccc(-c5cccc6c5sc5ccccc56)c4)ccc3c3ccccc23)cc1. The van der Waals surface area contributed by atoms with Crippen LogP contribution in [0.25, 0.3) is 108 Å². The Hall–Kier alpha value is -8.30. The molecule has 0 unspecified atom stereocenters. The van der Waals surface area contributed by atoms with Crippen LogP contribution in [0.4, 0.5) is 17.1 Å². The predicted octanol–water partition coefficient (Wildman–Crippen LogP) is 18.8. The predicted molar refractivity (Wildman–Crippen MR) is 286 cm³/mol. The molecule has 0 N–H and O–H groups in total. The van der Waals surface area contributed by atoms with Gasteiger partial charge in [-0.15, -0.1) is 11.3 Å². The van der Waals surface area contributed by atoms with Crippen LogP contribution in [0, 0.1) is 0 Å². The fourth-order valence-corrected chi connectivity index (χ4v) is 11.6. The van der Waals surface area contributed by atoms with Gasteiger partial charge in [-0.25, -0.2) is 0 Å². The molecule has 0 saturated carbocycles. The van der Waals surface area contributed by atoms with E-state index in [0.29, 0.717) is 0 Å². The lowest BCUT2D eigenvalue weighted by molar-refractivity contribution is 1.29. The van der Waals surface area contributed by atoms with Crippen LogP contribution >= 0.6 is 11.3 Å². The van der Waals surface area contributed by atoms with Gasteiger partial charge in [0.15, 0.2) is 0 Å². The average molecular weight is 856 g/mol. The number of hydrogen-bond donors (Lipinski definition) is 0. The third-order valence-corrected chi connectivity index (χ3v) is 14.6. The number of rotatable bonds is 7. The van der Waals surface area contributed by atoms with Gasteiger partial charge in [0, 0.05) is 37.2 Å². The highest BCUT2D eigenvalue weighted by Gasteiger charge is 2.21. The molecule has 0 atom stereocenters. The van der Waals surface area contributed by atoms with E-state index in [1.165, 1.54) is 108 Å². The van der Waals surface area contributed by atoms with E-state index >= 15 is 0 Å². The molecule has 13 aromatic rings. The summed E-state index contributed by atoms with van der Waals surface area (Å²) in [5.41, 5.74) is 13.0. The molecule has 0 bridgehead atoms. The van der Waals surface area contributed by atoms with E-state index in [0.717, 1.165) is 17.1 Å². The minimum absolute atomic E-state index is 1.09. The number of fused-ring (bicyclic) bond motifs is 9. The monoisotopic (exact) mass is 855 g/mol. The maximum absolute atomic E-state index is 2.44. The highest BCUT2D eigenvalue weighted by Crippen LogP contribution is 2.48. The zero-order valence-corrected chi connectivity index (χ0v) is 36.8. The van der Waals surface area contributed by atoms with Gasteiger partial charge in [0.2, 0.25) is 0 Å². The van der Waals surface area contributed by atoms with Crippen molar-refractivity contribution in [1.29, 1.82) is 0 Å². The van der Waals surface area contributed by atoms with Crippen LogP contribution in [0.2, 0.25) is 0 Å². The molecule has 308 valence electrons. The Balaban J connectivity index is 1.02. The lowest BCUT2D eigenvalue weighted by Gasteiger charge is -2.27. The summed E-state index contributed by atoms with van der Waals surface area (Å²) in [7, 11) is 0. The Kier molecular flexibility index (Phi) is 9.11. The quantitative estimate of drug-likeness (QED) is 0.144. The molecule has 0 radical (unpaired) electrons. The molecule has 0 fully saturated rings. The Morgan fingerprint density at radius 1 is 0.258 bits per heavy atom. The maximum atomic E-state index is 2.44. The van der Waals surface area contributed by atoms with E-state index in [2.05, 4.69) is 254 Å². The minimum atomic E-state index is 1.09. The van der Waals surface area contributed by atoms with Crippen molar-refractivity contribution >= 4 is 91.7 Å².